The topological polar surface area (TPSA) is 38.0 Å². The van der Waals surface area contributed by atoms with Crippen molar-refractivity contribution in [2.45, 2.75) is 12.3 Å². The normalized spacial score (nSPS) is 13.9. The monoisotopic (exact) mass is 242 g/mol. The molecule has 3 nitrogen and oxygen atoms in total. The lowest BCUT2D eigenvalue weighted by atomic mass is 10.3. The summed E-state index contributed by atoms with van der Waals surface area (Å²) in [6, 6.07) is 6.51. The molecule has 0 saturated heterocycles. The van der Waals surface area contributed by atoms with Crippen LogP contribution in [-0.4, -0.2) is 20.8 Å². The Morgan fingerprint density at radius 1 is 1.35 bits per heavy atom. The maximum Gasteiger partial charge on any atom is 0.421 e. The average Bonchev–Trinajstić information content (AvgIpc) is 2.64. The van der Waals surface area contributed by atoms with Crippen molar-refractivity contribution in [3.05, 3.63) is 36.7 Å². The van der Waals surface area contributed by atoms with Crippen molar-refractivity contribution >= 4 is 17.2 Å². The number of rotatable bonds is 2. The van der Waals surface area contributed by atoms with Crippen molar-refractivity contribution in [1.82, 2.24) is 9.55 Å². The van der Waals surface area contributed by atoms with Crippen LogP contribution in [0.25, 0.3) is 17.2 Å². The van der Waals surface area contributed by atoms with Gasteiger partial charge in [-0.25, -0.2) is 4.98 Å². The van der Waals surface area contributed by atoms with E-state index in [2.05, 4.69) is 11.6 Å². The van der Waals surface area contributed by atoms with Crippen LogP contribution in [0.4, 0.5) is 13.2 Å². The van der Waals surface area contributed by atoms with Crippen LogP contribution in [0.1, 0.15) is 11.9 Å². The number of aliphatic hydroxyl groups is 1. The fraction of sp³-hybridized carbons (Fsp3) is 0.182. The zero-order valence-electron chi connectivity index (χ0n) is 8.65. The number of alkyl halides is 3. The molecule has 2 rings (SSSR count). The SMILES string of the molecule is C=Cn1c([C@H](O)C(F)(F)F)nc2ccccc21. The quantitative estimate of drug-likeness (QED) is 0.879. The lowest BCUT2D eigenvalue weighted by Crippen LogP contribution is -2.22. The van der Waals surface area contributed by atoms with E-state index in [1.54, 1.807) is 24.3 Å². The minimum absolute atomic E-state index is 0.380. The number of imidazole rings is 1. The van der Waals surface area contributed by atoms with Gasteiger partial charge in [0.2, 0.25) is 6.10 Å². The predicted molar refractivity (Wildman–Crippen MR) is 57.1 cm³/mol. The van der Waals surface area contributed by atoms with E-state index < -0.39 is 18.1 Å². The molecule has 0 aliphatic rings. The zero-order chi connectivity index (χ0) is 12.6. The molecular formula is C11H9F3N2O. The summed E-state index contributed by atoms with van der Waals surface area (Å²) < 4.78 is 38.5. The molecule has 1 N–H and O–H groups in total. The van der Waals surface area contributed by atoms with E-state index in [1.807, 2.05) is 0 Å². The Morgan fingerprint density at radius 3 is 2.59 bits per heavy atom. The van der Waals surface area contributed by atoms with Crippen LogP contribution in [0.15, 0.2) is 30.8 Å². The van der Waals surface area contributed by atoms with E-state index in [0.717, 1.165) is 4.57 Å². The van der Waals surface area contributed by atoms with Crippen molar-refractivity contribution in [2.75, 3.05) is 0 Å². The van der Waals surface area contributed by atoms with Crippen molar-refractivity contribution < 1.29 is 18.3 Å². The number of benzene rings is 1. The van der Waals surface area contributed by atoms with Crippen molar-refractivity contribution in [3.63, 3.8) is 0 Å². The minimum Gasteiger partial charge on any atom is -0.377 e. The van der Waals surface area contributed by atoms with Gasteiger partial charge in [-0.15, -0.1) is 0 Å². The van der Waals surface area contributed by atoms with Crippen LogP contribution in [-0.2, 0) is 0 Å². The van der Waals surface area contributed by atoms with Gasteiger partial charge in [-0.1, -0.05) is 18.7 Å². The summed E-state index contributed by atoms with van der Waals surface area (Å²) in [5.41, 5.74) is 0.853. The van der Waals surface area contributed by atoms with Crippen molar-refractivity contribution in [2.24, 2.45) is 0 Å². The van der Waals surface area contributed by atoms with E-state index in [1.165, 1.54) is 6.20 Å². The van der Waals surface area contributed by atoms with Gasteiger partial charge >= 0.3 is 6.18 Å². The number of hydrogen-bond acceptors (Lipinski definition) is 2. The van der Waals surface area contributed by atoms with Crippen LogP contribution >= 0.6 is 0 Å². The average molecular weight is 242 g/mol. The molecule has 0 aliphatic heterocycles. The molecule has 17 heavy (non-hydrogen) atoms. The Hall–Kier alpha value is -1.82. The van der Waals surface area contributed by atoms with E-state index >= 15 is 0 Å². The maximum atomic E-state index is 12.4. The number of hydrogen-bond donors (Lipinski definition) is 1. The molecule has 0 bridgehead atoms. The van der Waals surface area contributed by atoms with E-state index in [0.29, 0.717) is 11.0 Å². The third kappa shape index (κ3) is 1.91. The van der Waals surface area contributed by atoms with Crippen LogP contribution in [0, 0.1) is 0 Å². The molecule has 0 fully saturated rings. The molecule has 1 aromatic carbocycles. The van der Waals surface area contributed by atoms with Gasteiger partial charge in [0.05, 0.1) is 11.0 Å². The molecule has 1 aromatic heterocycles. The molecule has 0 unspecified atom stereocenters. The van der Waals surface area contributed by atoms with Crippen LogP contribution in [0.5, 0.6) is 0 Å². The van der Waals surface area contributed by atoms with Gasteiger partial charge in [0.1, 0.15) is 0 Å². The van der Waals surface area contributed by atoms with Crippen molar-refractivity contribution in [1.29, 1.82) is 0 Å². The largest absolute Gasteiger partial charge is 0.421 e. The molecule has 1 atom stereocenters. The molecular weight excluding hydrogens is 233 g/mol. The number of halogens is 3. The fourth-order valence-corrected chi connectivity index (χ4v) is 1.59. The number of aliphatic hydroxyl groups excluding tert-OH is 1. The molecule has 0 aliphatic carbocycles. The Morgan fingerprint density at radius 2 is 2.00 bits per heavy atom. The molecule has 0 saturated carbocycles. The summed E-state index contributed by atoms with van der Waals surface area (Å²) in [5.74, 6) is -0.478. The highest BCUT2D eigenvalue weighted by atomic mass is 19.4. The Bertz CT molecular complexity index is 559. The third-order valence-electron chi connectivity index (χ3n) is 2.36. The zero-order valence-corrected chi connectivity index (χ0v) is 8.65. The first kappa shape index (κ1) is 11.7. The molecule has 0 radical (unpaired) electrons. The highest BCUT2D eigenvalue weighted by Gasteiger charge is 2.42. The molecule has 6 heteroatoms. The van der Waals surface area contributed by atoms with Crippen LogP contribution < -0.4 is 0 Å². The molecule has 0 amide bonds. The second-order valence-electron chi connectivity index (χ2n) is 3.46. The summed E-state index contributed by atoms with van der Waals surface area (Å²) >= 11 is 0. The van der Waals surface area contributed by atoms with Gasteiger partial charge in [0.15, 0.2) is 5.82 Å². The fourth-order valence-electron chi connectivity index (χ4n) is 1.59. The standard InChI is InChI=1S/C11H9F3N2O/c1-2-16-8-6-4-3-5-7(8)15-10(16)9(17)11(12,13)14/h2-6,9,17H,1H2/t9-/m0/s1. The lowest BCUT2D eigenvalue weighted by molar-refractivity contribution is -0.209. The summed E-state index contributed by atoms with van der Waals surface area (Å²) in [5, 5.41) is 9.21. The number of fused-ring (bicyclic) bond motifs is 1. The van der Waals surface area contributed by atoms with Gasteiger partial charge < -0.3 is 9.67 Å². The minimum atomic E-state index is -4.75. The summed E-state index contributed by atoms with van der Waals surface area (Å²) in [6.45, 7) is 3.42. The first-order valence-corrected chi connectivity index (χ1v) is 4.79. The molecule has 0 spiro atoms. The first-order chi connectivity index (χ1) is 7.95. The predicted octanol–water partition coefficient (Wildman–Crippen LogP) is 2.73. The highest BCUT2D eigenvalue weighted by Crippen LogP contribution is 2.33. The van der Waals surface area contributed by atoms with Gasteiger partial charge in [0, 0.05) is 6.20 Å². The van der Waals surface area contributed by atoms with Crippen molar-refractivity contribution in [3.8, 4) is 0 Å². The van der Waals surface area contributed by atoms with Gasteiger partial charge in [-0.05, 0) is 12.1 Å². The highest BCUT2D eigenvalue weighted by molar-refractivity contribution is 5.78. The number of para-hydroxylation sites is 2. The smallest absolute Gasteiger partial charge is 0.377 e. The van der Waals surface area contributed by atoms with Gasteiger partial charge in [-0.3, -0.25) is 0 Å². The Kier molecular flexibility index (Phi) is 2.66. The second kappa shape index (κ2) is 3.89. The lowest BCUT2D eigenvalue weighted by Gasteiger charge is -2.14. The van der Waals surface area contributed by atoms with Gasteiger partial charge in [0.25, 0.3) is 0 Å². The summed E-state index contributed by atoms with van der Waals surface area (Å²) in [4.78, 5) is 3.77. The van der Waals surface area contributed by atoms with E-state index in [-0.39, 0.29) is 0 Å². The number of nitrogens with zero attached hydrogens (tertiary/aromatic N) is 2. The first-order valence-electron chi connectivity index (χ1n) is 4.79. The van der Waals surface area contributed by atoms with Gasteiger partial charge in [-0.2, -0.15) is 13.2 Å². The molecule has 90 valence electrons. The Balaban J connectivity index is 2.65. The van der Waals surface area contributed by atoms with Crippen LogP contribution in [0.2, 0.25) is 0 Å². The second-order valence-corrected chi connectivity index (χ2v) is 3.46. The Labute approximate surface area is 94.8 Å². The van der Waals surface area contributed by atoms with E-state index in [4.69, 9.17) is 0 Å². The third-order valence-corrected chi connectivity index (χ3v) is 2.36. The van der Waals surface area contributed by atoms with E-state index in [9.17, 15) is 18.3 Å². The summed E-state index contributed by atoms with van der Waals surface area (Å²) in [7, 11) is 0. The maximum absolute atomic E-state index is 12.4. The molecule has 2 aromatic rings. The summed E-state index contributed by atoms with van der Waals surface area (Å²) in [6.07, 6.45) is -6.17. The number of aromatic nitrogens is 2. The molecule has 1 heterocycles. The van der Waals surface area contributed by atoms with Crippen LogP contribution in [0.3, 0.4) is 0 Å².